The molecule has 23 heavy (non-hydrogen) atoms. The number of hydrogen-bond donors (Lipinski definition) is 2. The normalized spacial score (nSPS) is 20.2. The number of sulfonamides is 1. The number of fused-ring (bicyclic) bond motifs is 1. The maximum absolute atomic E-state index is 14.0. The molecule has 6 nitrogen and oxygen atoms in total. The largest absolute Gasteiger partial charge is 0.383 e. The first-order chi connectivity index (χ1) is 11.0. The highest BCUT2D eigenvalue weighted by atomic mass is 32.2. The van der Waals surface area contributed by atoms with E-state index in [0.29, 0.717) is 12.1 Å². The van der Waals surface area contributed by atoms with E-state index in [4.69, 9.17) is 9.47 Å². The molecule has 1 saturated heterocycles. The van der Waals surface area contributed by atoms with Crippen LogP contribution in [0.2, 0.25) is 0 Å². The number of rotatable bonds is 6. The van der Waals surface area contributed by atoms with E-state index in [2.05, 4.69) is 9.71 Å². The molecule has 0 amide bonds. The maximum Gasteiger partial charge on any atom is 0.243 e. The van der Waals surface area contributed by atoms with E-state index in [1.54, 1.807) is 6.07 Å². The van der Waals surface area contributed by atoms with Crippen molar-refractivity contribution in [1.29, 1.82) is 0 Å². The minimum Gasteiger partial charge on any atom is -0.383 e. The van der Waals surface area contributed by atoms with Crippen molar-refractivity contribution in [3.8, 4) is 0 Å². The Balaban J connectivity index is 1.93. The molecule has 2 atom stereocenters. The Morgan fingerprint density at radius 1 is 1.52 bits per heavy atom. The fraction of sp³-hybridized carbons (Fsp3) is 0.467. The molecule has 0 radical (unpaired) electrons. The number of hydrogen-bond acceptors (Lipinski definition) is 4. The highest BCUT2D eigenvalue weighted by Crippen LogP contribution is 2.26. The molecule has 0 bridgehead atoms. The van der Waals surface area contributed by atoms with Crippen molar-refractivity contribution in [2.75, 3.05) is 20.3 Å². The van der Waals surface area contributed by atoms with Crippen LogP contribution in [0.4, 0.5) is 4.39 Å². The molecule has 0 unspecified atom stereocenters. The molecular formula is C15H19FN2O4S. The van der Waals surface area contributed by atoms with Gasteiger partial charge < -0.3 is 14.5 Å². The van der Waals surface area contributed by atoms with Crippen LogP contribution < -0.4 is 4.72 Å². The SMILES string of the molecule is COC[C@H](NS(=O)(=O)c1c[nH]c2cccc(F)c12)[C@@H]1CCCO1. The Labute approximate surface area is 134 Å². The first kappa shape index (κ1) is 16.4. The number of aromatic nitrogens is 1. The van der Waals surface area contributed by atoms with Crippen LogP contribution >= 0.6 is 0 Å². The van der Waals surface area contributed by atoms with Crippen LogP contribution in [-0.2, 0) is 19.5 Å². The molecular weight excluding hydrogens is 323 g/mol. The lowest BCUT2D eigenvalue weighted by Gasteiger charge is -2.23. The van der Waals surface area contributed by atoms with Gasteiger partial charge in [-0.2, -0.15) is 0 Å². The van der Waals surface area contributed by atoms with Gasteiger partial charge in [0.15, 0.2) is 0 Å². The molecule has 1 aromatic carbocycles. The van der Waals surface area contributed by atoms with Crippen molar-refractivity contribution in [2.24, 2.45) is 0 Å². The summed E-state index contributed by atoms with van der Waals surface area (Å²) < 4.78 is 52.7. The Morgan fingerprint density at radius 2 is 2.35 bits per heavy atom. The van der Waals surface area contributed by atoms with Gasteiger partial charge in [0.2, 0.25) is 10.0 Å². The summed E-state index contributed by atoms with van der Waals surface area (Å²) >= 11 is 0. The second-order valence-electron chi connectivity index (χ2n) is 5.55. The van der Waals surface area contributed by atoms with Crippen LogP contribution in [0, 0.1) is 5.82 Å². The van der Waals surface area contributed by atoms with Crippen molar-refractivity contribution < 1.29 is 22.3 Å². The third-order valence-corrected chi connectivity index (χ3v) is 5.49. The van der Waals surface area contributed by atoms with Crippen molar-refractivity contribution >= 4 is 20.9 Å². The summed E-state index contributed by atoms with van der Waals surface area (Å²) in [5.41, 5.74) is 0.436. The van der Waals surface area contributed by atoms with Gasteiger partial charge in [-0.1, -0.05) is 6.07 Å². The van der Waals surface area contributed by atoms with Gasteiger partial charge in [-0.05, 0) is 25.0 Å². The second kappa shape index (κ2) is 6.56. The van der Waals surface area contributed by atoms with E-state index in [9.17, 15) is 12.8 Å². The average Bonchev–Trinajstić information content (AvgIpc) is 3.17. The topological polar surface area (TPSA) is 80.4 Å². The number of aromatic amines is 1. The molecule has 1 aliphatic rings. The zero-order valence-corrected chi connectivity index (χ0v) is 13.5. The molecule has 1 aromatic heterocycles. The summed E-state index contributed by atoms with van der Waals surface area (Å²) in [5.74, 6) is -0.579. The number of ether oxygens (including phenoxy) is 2. The maximum atomic E-state index is 14.0. The Hall–Kier alpha value is -1.48. The number of nitrogens with one attached hydrogen (secondary N) is 2. The van der Waals surface area contributed by atoms with Gasteiger partial charge >= 0.3 is 0 Å². The number of benzene rings is 1. The smallest absolute Gasteiger partial charge is 0.243 e. The summed E-state index contributed by atoms with van der Waals surface area (Å²) in [6.45, 7) is 0.795. The summed E-state index contributed by atoms with van der Waals surface area (Å²) in [6.07, 6.45) is 2.71. The monoisotopic (exact) mass is 342 g/mol. The molecule has 2 N–H and O–H groups in total. The van der Waals surface area contributed by atoms with Crippen LogP contribution in [0.1, 0.15) is 12.8 Å². The van der Waals surface area contributed by atoms with E-state index in [-0.39, 0.29) is 23.0 Å². The van der Waals surface area contributed by atoms with E-state index in [1.807, 2.05) is 0 Å². The number of halogens is 1. The van der Waals surface area contributed by atoms with Crippen molar-refractivity contribution in [2.45, 2.75) is 29.9 Å². The minimum atomic E-state index is -3.91. The lowest BCUT2D eigenvalue weighted by Crippen LogP contribution is -2.45. The minimum absolute atomic E-state index is 0.0588. The highest BCUT2D eigenvalue weighted by Gasteiger charge is 2.31. The third kappa shape index (κ3) is 3.25. The first-order valence-corrected chi connectivity index (χ1v) is 8.89. The van der Waals surface area contributed by atoms with Gasteiger partial charge in [-0.15, -0.1) is 0 Å². The van der Waals surface area contributed by atoms with Crippen molar-refractivity contribution in [3.05, 3.63) is 30.2 Å². The summed E-state index contributed by atoms with van der Waals surface area (Å²) in [4.78, 5) is 2.68. The number of H-pyrrole nitrogens is 1. The number of methoxy groups -OCH3 is 1. The predicted octanol–water partition coefficient (Wildman–Crippen LogP) is 1.78. The standard InChI is InChI=1S/C15H19FN2O4S/c1-21-9-12(13-6-3-7-22-13)18-23(19,20)14-8-17-11-5-2-4-10(16)15(11)14/h2,4-5,8,12-13,17-18H,3,6-7,9H2,1H3/t12-,13-/m0/s1. The summed E-state index contributed by atoms with van der Waals surface area (Å²) in [6, 6.07) is 3.88. The van der Waals surface area contributed by atoms with Crippen LogP contribution in [0.5, 0.6) is 0 Å². The van der Waals surface area contributed by atoms with Gasteiger partial charge in [-0.3, -0.25) is 0 Å². The Kier molecular flexibility index (Phi) is 4.67. The van der Waals surface area contributed by atoms with Crippen LogP contribution in [-0.4, -0.2) is 45.9 Å². The molecule has 2 heterocycles. The van der Waals surface area contributed by atoms with Crippen LogP contribution in [0.15, 0.2) is 29.3 Å². The molecule has 2 aromatic rings. The quantitative estimate of drug-likeness (QED) is 0.839. The Morgan fingerprint density at radius 3 is 3.04 bits per heavy atom. The van der Waals surface area contributed by atoms with Crippen LogP contribution in [0.3, 0.4) is 0 Å². The van der Waals surface area contributed by atoms with Gasteiger partial charge in [0.1, 0.15) is 10.7 Å². The molecule has 1 fully saturated rings. The van der Waals surface area contributed by atoms with E-state index in [1.165, 1.54) is 25.4 Å². The predicted molar refractivity (Wildman–Crippen MR) is 83.2 cm³/mol. The zero-order valence-electron chi connectivity index (χ0n) is 12.7. The molecule has 1 aliphatic heterocycles. The first-order valence-electron chi connectivity index (χ1n) is 7.41. The summed E-state index contributed by atoms with van der Waals surface area (Å²) in [5, 5.41) is 0.0588. The van der Waals surface area contributed by atoms with Gasteiger partial charge in [0, 0.05) is 25.4 Å². The summed E-state index contributed by atoms with van der Waals surface area (Å²) in [7, 11) is -2.40. The molecule has 8 heteroatoms. The van der Waals surface area contributed by atoms with Crippen molar-refractivity contribution in [3.63, 3.8) is 0 Å². The fourth-order valence-corrected chi connectivity index (χ4v) is 4.34. The van der Waals surface area contributed by atoms with Gasteiger partial charge in [0.05, 0.1) is 24.1 Å². The lowest BCUT2D eigenvalue weighted by molar-refractivity contribution is 0.0515. The average molecular weight is 342 g/mol. The fourth-order valence-electron chi connectivity index (χ4n) is 2.90. The van der Waals surface area contributed by atoms with E-state index >= 15 is 0 Å². The van der Waals surface area contributed by atoms with Crippen LogP contribution in [0.25, 0.3) is 10.9 Å². The van der Waals surface area contributed by atoms with E-state index in [0.717, 1.165) is 12.8 Å². The molecule has 3 rings (SSSR count). The second-order valence-corrected chi connectivity index (χ2v) is 7.23. The van der Waals surface area contributed by atoms with E-state index < -0.39 is 21.9 Å². The molecule has 126 valence electrons. The van der Waals surface area contributed by atoms with Crippen molar-refractivity contribution in [1.82, 2.24) is 9.71 Å². The lowest BCUT2D eigenvalue weighted by atomic mass is 10.1. The molecule has 0 saturated carbocycles. The van der Waals surface area contributed by atoms with Gasteiger partial charge in [0.25, 0.3) is 0 Å². The molecule has 0 spiro atoms. The van der Waals surface area contributed by atoms with Gasteiger partial charge in [-0.25, -0.2) is 17.5 Å². The zero-order chi connectivity index (χ0) is 16.4. The Bertz CT molecular complexity index is 784. The third-order valence-electron chi connectivity index (χ3n) is 3.97. The highest BCUT2D eigenvalue weighted by molar-refractivity contribution is 7.89. The molecule has 0 aliphatic carbocycles.